The number of thiazole rings is 1. The summed E-state index contributed by atoms with van der Waals surface area (Å²) in [5.74, 6) is -0.826. The second-order valence-electron chi connectivity index (χ2n) is 8.63. The Labute approximate surface area is 201 Å². The molecule has 7 heteroatoms. The minimum atomic E-state index is -0.427. The number of fused-ring (bicyclic) bond motifs is 1. The van der Waals surface area contributed by atoms with Crippen molar-refractivity contribution in [3.05, 3.63) is 83.7 Å². The van der Waals surface area contributed by atoms with Crippen LogP contribution in [0, 0.1) is 18.7 Å². The average molecular weight is 474 g/mol. The van der Waals surface area contributed by atoms with Crippen LogP contribution in [0.4, 0.5) is 10.1 Å². The van der Waals surface area contributed by atoms with Gasteiger partial charge in [-0.3, -0.25) is 9.59 Å². The van der Waals surface area contributed by atoms with E-state index in [1.54, 1.807) is 22.3 Å². The lowest BCUT2D eigenvalue weighted by molar-refractivity contribution is -0.121. The molecular weight excluding hydrogens is 449 g/mol. The van der Waals surface area contributed by atoms with Crippen molar-refractivity contribution in [3.63, 3.8) is 0 Å². The summed E-state index contributed by atoms with van der Waals surface area (Å²) >= 11 is 1.66. The number of rotatable bonds is 4. The summed E-state index contributed by atoms with van der Waals surface area (Å²) in [6, 6.07) is 19.7. The van der Waals surface area contributed by atoms with Gasteiger partial charge < -0.3 is 10.2 Å². The second kappa shape index (κ2) is 9.35. The van der Waals surface area contributed by atoms with Crippen LogP contribution < -0.4 is 5.32 Å². The van der Waals surface area contributed by atoms with E-state index >= 15 is 0 Å². The van der Waals surface area contributed by atoms with E-state index in [-0.39, 0.29) is 17.7 Å². The largest absolute Gasteiger partial charge is 0.339 e. The number of carbonyl (C=O) groups excluding carboxylic acids is 2. The second-order valence-corrected chi connectivity index (χ2v) is 9.66. The van der Waals surface area contributed by atoms with Gasteiger partial charge in [0.2, 0.25) is 5.91 Å². The number of nitrogens with one attached hydrogen (secondary N) is 1. The Morgan fingerprint density at radius 3 is 2.53 bits per heavy atom. The van der Waals surface area contributed by atoms with E-state index in [0.717, 1.165) is 26.5 Å². The number of aromatic nitrogens is 1. The Morgan fingerprint density at radius 1 is 1.03 bits per heavy atom. The normalized spacial score (nSPS) is 14.4. The van der Waals surface area contributed by atoms with Gasteiger partial charge in [-0.1, -0.05) is 12.1 Å². The highest BCUT2D eigenvalue weighted by Gasteiger charge is 2.28. The molecule has 0 radical (unpaired) electrons. The fraction of sp³-hybridized carbons (Fsp3) is 0.222. The molecule has 0 unspecified atom stereocenters. The molecule has 0 bridgehead atoms. The van der Waals surface area contributed by atoms with E-state index in [4.69, 9.17) is 4.98 Å². The van der Waals surface area contributed by atoms with Gasteiger partial charge in [0, 0.05) is 35.8 Å². The van der Waals surface area contributed by atoms with E-state index in [1.807, 2.05) is 30.3 Å². The molecule has 4 aromatic rings. The number of halogens is 1. The van der Waals surface area contributed by atoms with Crippen LogP contribution in [0.15, 0.2) is 66.7 Å². The molecule has 1 aliphatic heterocycles. The Kier molecular flexibility index (Phi) is 6.11. The molecule has 172 valence electrons. The standard InChI is InChI=1S/C27H24FN3O2S/c1-17-5-10-23-24(15-17)34-26(30-23)19-6-8-22(9-7-19)29-25(32)18-11-13-31(14-12-18)27(33)20-3-2-4-21(28)16-20/h2-10,15-16,18H,11-14H2,1H3,(H,29,32). The number of anilines is 1. The van der Waals surface area contributed by atoms with Gasteiger partial charge in [0.05, 0.1) is 10.2 Å². The molecule has 5 rings (SSSR count). The number of aryl methyl sites for hydroxylation is 1. The lowest BCUT2D eigenvalue weighted by atomic mass is 9.95. The molecule has 0 saturated carbocycles. The first-order valence-electron chi connectivity index (χ1n) is 11.3. The van der Waals surface area contributed by atoms with Crippen molar-refractivity contribution in [2.24, 2.45) is 5.92 Å². The van der Waals surface area contributed by atoms with Crippen LogP contribution in [0.5, 0.6) is 0 Å². The van der Waals surface area contributed by atoms with E-state index < -0.39 is 5.82 Å². The van der Waals surface area contributed by atoms with Crippen molar-refractivity contribution in [2.45, 2.75) is 19.8 Å². The highest BCUT2D eigenvalue weighted by Crippen LogP contribution is 2.31. The number of benzene rings is 3. The maximum atomic E-state index is 13.4. The van der Waals surface area contributed by atoms with Crippen molar-refractivity contribution in [3.8, 4) is 10.6 Å². The average Bonchev–Trinajstić information content (AvgIpc) is 3.27. The summed E-state index contributed by atoms with van der Waals surface area (Å²) in [4.78, 5) is 31.8. The molecule has 1 aliphatic rings. The van der Waals surface area contributed by atoms with Gasteiger partial charge in [0.15, 0.2) is 0 Å². The minimum absolute atomic E-state index is 0.0407. The Balaban J connectivity index is 1.18. The van der Waals surface area contributed by atoms with Gasteiger partial charge >= 0.3 is 0 Å². The lowest BCUT2D eigenvalue weighted by Crippen LogP contribution is -2.41. The quantitative estimate of drug-likeness (QED) is 0.401. The van der Waals surface area contributed by atoms with Gasteiger partial charge in [-0.15, -0.1) is 11.3 Å². The molecule has 2 heterocycles. The van der Waals surface area contributed by atoms with Crippen molar-refractivity contribution in [1.82, 2.24) is 9.88 Å². The predicted molar refractivity (Wildman–Crippen MR) is 133 cm³/mol. The molecule has 34 heavy (non-hydrogen) atoms. The molecule has 0 spiro atoms. The lowest BCUT2D eigenvalue weighted by Gasteiger charge is -2.31. The third kappa shape index (κ3) is 4.70. The Bertz CT molecular complexity index is 1360. The maximum Gasteiger partial charge on any atom is 0.253 e. The SMILES string of the molecule is Cc1ccc2nc(-c3ccc(NC(=O)C4CCN(C(=O)c5cccc(F)c5)CC4)cc3)sc2c1. The summed E-state index contributed by atoms with van der Waals surface area (Å²) in [6.45, 7) is 3.02. The highest BCUT2D eigenvalue weighted by atomic mass is 32.1. The van der Waals surface area contributed by atoms with Crippen molar-refractivity contribution >= 4 is 39.1 Å². The minimum Gasteiger partial charge on any atom is -0.339 e. The summed E-state index contributed by atoms with van der Waals surface area (Å²) < 4.78 is 14.6. The van der Waals surface area contributed by atoms with Crippen LogP contribution in [-0.4, -0.2) is 34.8 Å². The zero-order valence-corrected chi connectivity index (χ0v) is 19.6. The number of hydrogen-bond donors (Lipinski definition) is 1. The van der Waals surface area contributed by atoms with Crippen LogP contribution in [-0.2, 0) is 4.79 Å². The number of hydrogen-bond acceptors (Lipinski definition) is 4. The smallest absolute Gasteiger partial charge is 0.253 e. The summed E-state index contributed by atoms with van der Waals surface area (Å²) in [5.41, 5.74) is 4.30. The van der Waals surface area contributed by atoms with Crippen molar-refractivity contribution in [2.75, 3.05) is 18.4 Å². The predicted octanol–water partition coefficient (Wildman–Crippen LogP) is 5.90. The molecule has 1 aromatic heterocycles. The van der Waals surface area contributed by atoms with Gasteiger partial charge in [0.25, 0.3) is 5.91 Å². The van der Waals surface area contributed by atoms with Crippen LogP contribution in [0.2, 0.25) is 0 Å². The van der Waals surface area contributed by atoms with Crippen LogP contribution in [0.3, 0.4) is 0 Å². The van der Waals surface area contributed by atoms with Crippen molar-refractivity contribution in [1.29, 1.82) is 0 Å². The zero-order chi connectivity index (χ0) is 23.7. The number of amides is 2. The van der Waals surface area contributed by atoms with Gasteiger partial charge in [-0.05, 0) is 79.9 Å². The molecule has 1 fully saturated rings. The van der Waals surface area contributed by atoms with E-state index in [2.05, 4.69) is 24.4 Å². The number of likely N-dealkylation sites (tertiary alicyclic amines) is 1. The van der Waals surface area contributed by atoms with Crippen molar-refractivity contribution < 1.29 is 14.0 Å². The molecule has 5 nitrogen and oxygen atoms in total. The van der Waals surface area contributed by atoms with E-state index in [0.29, 0.717) is 31.5 Å². The monoisotopic (exact) mass is 473 g/mol. The first-order chi connectivity index (χ1) is 16.5. The number of carbonyl (C=O) groups is 2. The fourth-order valence-corrected chi connectivity index (χ4v) is 5.31. The third-order valence-electron chi connectivity index (χ3n) is 6.17. The van der Waals surface area contributed by atoms with Gasteiger partial charge in [0.1, 0.15) is 10.8 Å². The van der Waals surface area contributed by atoms with Gasteiger partial charge in [-0.2, -0.15) is 0 Å². The molecular formula is C27H24FN3O2S. The maximum absolute atomic E-state index is 13.4. The molecule has 2 amide bonds. The van der Waals surface area contributed by atoms with Crippen LogP contribution >= 0.6 is 11.3 Å². The molecule has 1 saturated heterocycles. The topological polar surface area (TPSA) is 62.3 Å². The summed E-state index contributed by atoms with van der Waals surface area (Å²) in [6.07, 6.45) is 1.16. The van der Waals surface area contributed by atoms with Crippen LogP contribution in [0.1, 0.15) is 28.8 Å². The first-order valence-corrected chi connectivity index (χ1v) is 12.1. The molecule has 1 N–H and O–H groups in total. The van der Waals surface area contributed by atoms with Gasteiger partial charge in [-0.25, -0.2) is 9.37 Å². The van der Waals surface area contributed by atoms with Crippen LogP contribution in [0.25, 0.3) is 20.8 Å². The summed E-state index contributed by atoms with van der Waals surface area (Å²) in [5, 5.41) is 3.95. The first kappa shape index (κ1) is 22.2. The summed E-state index contributed by atoms with van der Waals surface area (Å²) in [7, 11) is 0. The molecule has 3 aromatic carbocycles. The van der Waals surface area contributed by atoms with E-state index in [1.165, 1.54) is 23.8 Å². The highest BCUT2D eigenvalue weighted by molar-refractivity contribution is 7.21. The molecule has 0 atom stereocenters. The fourth-order valence-electron chi connectivity index (χ4n) is 4.24. The number of nitrogens with zero attached hydrogens (tertiary/aromatic N) is 2. The molecule has 0 aliphatic carbocycles. The third-order valence-corrected chi connectivity index (χ3v) is 7.24. The Hall–Kier alpha value is -3.58. The van der Waals surface area contributed by atoms with E-state index in [9.17, 15) is 14.0 Å². The Morgan fingerprint density at radius 2 is 1.79 bits per heavy atom. The zero-order valence-electron chi connectivity index (χ0n) is 18.8. The number of piperidine rings is 1.